The van der Waals surface area contributed by atoms with Crippen molar-refractivity contribution < 1.29 is 17.9 Å². The second-order valence-corrected chi connectivity index (χ2v) is 3.89. The number of hydrogen-bond donors (Lipinski definition) is 1. The van der Waals surface area contributed by atoms with Crippen LogP contribution in [0.2, 0.25) is 0 Å². The number of benzene rings is 1. The van der Waals surface area contributed by atoms with Gasteiger partial charge in [-0.15, -0.1) is 0 Å². The average Bonchev–Trinajstić information content (AvgIpc) is 2.37. The highest BCUT2D eigenvalue weighted by atomic mass is 19.4. The maximum atomic E-state index is 12.3. The summed E-state index contributed by atoms with van der Waals surface area (Å²) in [5, 5.41) is 0. The zero-order valence-electron chi connectivity index (χ0n) is 9.82. The summed E-state index contributed by atoms with van der Waals surface area (Å²) in [7, 11) is 0. The van der Waals surface area contributed by atoms with Crippen LogP contribution in [0, 0.1) is 0 Å². The lowest BCUT2D eigenvalue weighted by atomic mass is 10.2. The van der Waals surface area contributed by atoms with Gasteiger partial charge in [-0.25, -0.2) is 0 Å². The molecule has 3 nitrogen and oxygen atoms in total. The summed E-state index contributed by atoms with van der Waals surface area (Å²) < 4.78 is 42.4. The smallest absolute Gasteiger partial charge is 0.416 e. The number of alkyl halides is 3. The van der Waals surface area contributed by atoms with Crippen molar-refractivity contribution in [2.45, 2.75) is 12.8 Å². The molecule has 0 radical (unpaired) electrons. The fraction of sp³-hybridized carbons (Fsp3) is 0.154. The first-order valence-corrected chi connectivity index (χ1v) is 5.45. The van der Waals surface area contributed by atoms with Gasteiger partial charge in [0.2, 0.25) is 0 Å². The van der Waals surface area contributed by atoms with Crippen molar-refractivity contribution in [3.63, 3.8) is 0 Å². The molecule has 2 N–H and O–H groups in total. The van der Waals surface area contributed by atoms with Crippen LogP contribution in [0.5, 0.6) is 5.75 Å². The number of rotatable bonds is 3. The first-order chi connectivity index (χ1) is 8.95. The van der Waals surface area contributed by atoms with Crippen LogP contribution in [0.15, 0.2) is 42.6 Å². The van der Waals surface area contributed by atoms with E-state index in [2.05, 4.69) is 4.98 Å². The fourth-order valence-electron chi connectivity index (χ4n) is 1.42. The minimum atomic E-state index is -4.34. The van der Waals surface area contributed by atoms with Crippen molar-refractivity contribution in [1.29, 1.82) is 0 Å². The predicted octanol–water partition coefficient (Wildman–Crippen LogP) is 3.26. The molecule has 19 heavy (non-hydrogen) atoms. The maximum absolute atomic E-state index is 12.3. The molecule has 2 rings (SSSR count). The maximum Gasteiger partial charge on any atom is 0.416 e. The number of ether oxygens (including phenoxy) is 1. The zero-order chi connectivity index (χ0) is 13.9. The van der Waals surface area contributed by atoms with E-state index in [9.17, 15) is 13.2 Å². The minimum absolute atomic E-state index is 0.172. The second kappa shape index (κ2) is 5.17. The van der Waals surface area contributed by atoms with E-state index in [0.29, 0.717) is 17.1 Å². The third-order valence-corrected chi connectivity index (χ3v) is 2.42. The Morgan fingerprint density at radius 2 is 1.74 bits per heavy atom. The lowest BCUT2D eigenvalue weighted by Gasteiger charge is -2.09. The van der Waals surface area contributed by atoms with Crippen molar-refractivity contribution in [2.75, 3.05) is 5.73 Å². The van der Waals surface area contributed by atoms with E-state index < -0.39 is 11.7 Å². The fourth-order valence-corrected chi connectivity index (χ4v) is 1.42. The van der Waals surface area contributed by atoms with Gasteiger partial charge in [-0.1, -0.05) is 0 Å². The lowest BCUT2D eigenvalue weighted by molar-refractivity contribution is -0.137. The van der Waals surface area contributed by atoms with Crippen molar-refractivity contribution in [3.8, 4) is 5.75 Å². The third kappa shape index (κ3) is 3.61. The molecule has 6 heteroatoms. The normalized spacial score (nSPS) is 11.3. The molecule has 0 unspecified atom stereocenters. The minimum Gasteiger partial charge on any atom is -0.487 e. The lowest BCUT2D eigenvalue weighted by Crippen LogP contribution is -2.04. The highest BCUT2D eigenvalue weighted by molar-refractivity contribution is 5.34. The molecule has 0 spiro atoms. The van der Waals surface area contributed by atoms with Gasteiger partial charge < -0.3 is 10.5 Å². The van der Waals surface area contributed by atoms with Gasteiger partial charge in [0.05, 0.1) is 23.1 Å². The number of pyridine rings is 1. The van der Waals surface area contributed by atoms with E-state index in [1.54, 1.807) is 12.1 Å². The molecule has 2 aromatic rings. The molecule has 0 aliphatic rings. The van der Waals surface area contributed by atoms with E-state index in [-0.39, 0.29) is 6.61 Å². The molecular weight excluding hydrogens is 257 g/mol. The Balaban J connectivity index is 1.98. The van der Waals surface area contributed by atoms with Crippen LogP contribution in [-0.2, 0) is 12.8 Å². The monoisotopic (exact) mass is 268 g/mol. The Labute approximate surface area is 107 Å². The Morgan fingerprint density at radius 1 is 1.05 bits per heavy atom. The Hall–Kier alpha value is -2.24. The van der Waals surface area contributed by atoms with Crippen LogP contribution in [0.1, 0.15) is 11.3 Å². The van der Waals surface area contributed by atoms with E-state index >= 15 is 0 Å². The summed E-state index contributed by atoms with van der Waals surface area (Å²) in [5.74, 6) is 0.353. The number of halogens is 3. The summed E-state index contributed by atoms with van der Waals surface area (Å²) in [6.45, 7) is 0.172. The number of nitrogens with zero attached hydrogens (tertiary/aromatic N) is 1. The first kappa shape index (κ1) is 13.2. The highest BCUT2D eigenvalue weighted by Crippen LogP contribution is 2.30. The summed E-state index contributed by atoms with van der Waals surface area (Å²) in [6.07, 6.45) is -2.84. The molecule has 100 valence electrons. The molecule has 1 aromatic heterocycles. The third-order valence-electron chi connectivity index (χ3n) is 2.42. The summed E-state index contributed by atoms with van der Waals surface area (Å²) in [4.78, 5) is 4.02. The zero-order valence-corrected chi connectivity index (χ0v) is 9.82. The molecule has 1 aromatic carbocycles. The summed E-state index contributed by atoms with van der Waals surface area (Å²) in [6, 6.07) is 7.88. The summed E-state index contributed by atoms with van der Waals surface area (Å²) >= 11 is 0. The summed E-state index contributed by atoms with van der Waals surface area (Å²) in [5.41, 5.74) is 5.97. The molecule has 1 heterocycles. The number of nitrogens with two attached hydrogens (primary N) is 1. The number of hydrogen-bond acceptors (Lipinski definition) is 3. The van der Waals surface area contributed by atoms with Gasteiger partial charge in [0.15, 0.2) is 0 Å². The predicted molar refractivity (Wildman–Crippen MR) is 64.4 cm³/mol. The molecular formula is C13H11F3N2O. The molecule has 0 amide bonds. The van der Waals surface area contributed by atoms with Crippen molar-refractivity contribution in [1.82, 2.24) is 4.98 Å². The van der Waals surface area contributed by atoms with Gasteiger partial charge in [-0.05, 0) is 36.4 Å². The van der Waals surface area contributed by atoms with Crippen molar-refractivity contribution in [3.05, 3.63) is 53.9 Å². The van der Waals surface area contributed by atoms with Gasteiger partial charge in [-0.2, -0.15) is 13.2 Å². The van der Waals surface area contributed by atoms with Gasteiger partial charge >= 0.3 is 6.18 Å². The van der Waals surface area contributed by atoms with Gasteiger partial charge in [-0.3, -0.25) is 4.98 Å². The number of aromatic nitrogens is 1. The topological polar surface area (TPSA) is 48.1 Å². The molecule has 0 fully saturated rings. The number of nitrogen functional groups attached to an aromatic ring is 1. The average molecular weight is 268 g/mol. The molecule has 0 saturated heterocycles. The molecule has 0 atom stereocenters. The Bertz CT molecular complexity index is 535. The van der Waals surface area contributed by atoms with E-state index in [0.717, 1.165) is 12.1 Å². The Kier molecular flexibility index (Phi) is 3.59. The van der Waals surface area contributed by atoms with E-state index in [1.165, 1.54) is 18.3 Å². The van der Waals surface area contributed by atoms with E-state index in [1.807, 2.05) is 0 Å². The van der Waals surface area contributed by atoms with Crippen molar-refractivity contribution >= 4 is 5.69 Å². The van der Waals surface area contributed by atoms with Crippen LogP contribution < -0.4 is 10.5 Å². The van der Waals surface area contributed by atoms with Gasteiger partial charge in [0.25, 0.3) is 0 Å². The standard InChI is InChI=1S/C13H11F3N2O/c14-13(15,16)9-1-5-12(6-2-9)19-8-11-4-3-10(17)7-18-11/h1-7H,8,17H2. The Morgan fingerprint density at radius 3 is 2.26 bits per heavy atom. The molecule has 0 aliphatic carbocycles. The molecule has 0 aliphatic heterocycles. The van der Waals surface area contributed by atoms with Crippen LogP contribution in [0.4, 0.5) is 18.9 Å². The van der Waals surface area contributed by atoms with E-state index in [4.69, 9.17) is 10.5 Å². The van der Waals surface area contributed by atoms with Crippen molar-refractivity contribution in [2.24, 2.45) is 0 Å². The second-order valence-electron chi connectivity index (χ2n) is 3.89. The highest BCUT2D eigenvalue weighted by Gasteiger charge is 2.29. The SMILES string of the molecule is Nc1ccc(COc2ccc(C(F)(F)F)cc2)nc1. The largest absolute Gasteiger partial charge is 0.487 e. The molecule has 0 saturated carbocycles. The van der Waals surface area contributed by atoms with Gasteiger partial charge in [0.1, 0.15) is 12.4 Å². The quantitative estimate of drug-likeness (QED) is 0.929. The van der Waals surface area contributed by atoms with Crippen LogP contribution in [0.25, 0.3) is 0 Å². The first-order valence-electron chi connectivity index (χ1n) is 5.45. The van der Waals surface area contributed by atoms with Crippen LogP contribution >= 0.6 is 0 Å². The van der Waals surface area contributed by atoms with Gasteiger partial charge in [0, 0.05) is 0 Å². The van der Waals surface area contributed by atoms with Crippen LogP contribution in [0.3, 0.4) is 0 Å². The van der Waals surface area contributed by atoms with Crippen LogP contribution in [-0.4, -0.2) is 4.98 Å². The number of anilines is 1. The molecule has 0 bridgehead atoms.